The molecule has 0 aliphatic carbocycles. The van der Waals surface area contributed by atoms with Gasteiger partial charge in [0.2, 0.25) is 0 Å². The Balaban J connectivity index is 2.61. The van der Waals surface area contributed by atoms with Crippen molar-refractivity contribution in [3.63, 3.8) is 0 Å². The van der Waals surface area contributed by atoms with Gasteiger partial charge in [0, 0.05) is 24.4 Å². The van der Waals surface area contributed by atoms with Gasteiger partial charge in [-0.25, -0.2) is 0 Å². The first-order chi connectivity index (χ1) is 7.02. The summed E-state index contributed by atoms with van der Waals surface area (Å²) in [5.74, 6) is -1.17. The number of carbonyl (C=O) groups is 2. The van der Waals surface area contributed by atoms with E-state index in [2.05, 4.69) is 0 Å². The Morgan fingerprint density at radius 2 is 2.20 bits per heavy atom. The number of nitrogens with zero attached hydrogens (tertiary/aromatic N) is 1. The van der Waals surface area contributed by atoms with Gasteiger partial charge in [-0.2, -0.15) is 0 Å². The molecule has 82 valence electrons. The smallest absolute Gasteiger partial charge is 0.305 e. The summed E-state index contributed by atoms with van der Waals surface area (Å²) in [5.41, 5.74) is 0.426. The highest BCUT2D eigenvalue weighted by Crippen LogP contribution is 2.21. The van der Waals surface area contributed by atoms with Gasteiger partial charge in [-0.15, -0.1) is 11.3 Å². The first kappa shape index (κ1) is 12.0. The summed E-state index contributed by atoms with van der Waals surface area (Å²) in [6.45, 7) is 0.181. The highest BCUT2D eigenvalue weighted by molar-refractivity contribution is 7.08. The maximum Gasteiger partial charge on any atom is 0.305 e. The minimum atomic E-state index is -0.925. The number of rotatable bonds is 4. The number of hydrogen-bond acceptors (Lipinski definition) is 3. The van der Waals surface area contributed by atoms with Gasteiger partial charge in [-0.1, -0.05) is 11.6 Å². The number of carboxylic acid groups (broad SMARTS) is 1. The molecule has 0 saturated heterocycles. The molecule has 6 heteroatoms. The molecule has 15 heavy (non-hydrogen) atoms. The molecular weight excluding hydrogens is 238 g/mol. The third-order valence-electron chi connectivity index (χ3n) is 1.85. The van der Waals surface area contributed by atoms with Gasteiger partial charge in [0.25, 0.3) is 5.91 Å². The fraction of sp³-hybridized carbons (Fsp3) is 0.333. The number of amides is 1. The number of halogens is 1. The molecule has 0 unspecified atom stereocenters. The van der Waals surface area contributed by atoms with E-state index in [9.17, 15) is 9.59 Å². The highest BCUT2D eigenvalue weighted by atomic mass is 35.5. The van der Waals surface area contributed by atoms with E-state index in [1.165, 1.54) is 16.2 Å². The standard InChI is InChI=1S/C9H10ClNO3S/c1-11(3-2-8(12)13)9(14)6-4-15-5-7(6)10/h4-5H,2-3H2,1H3,(H,12,13). The van der Waals surface area contributed by atoms with Crippen molar-refractivity contribution in [3.05, 3.63) is 21.3 Å². The molecule has 1 aromatic heterocycles. The van der Waals surface area contributed by atoms with E-state index in [1.54, 1.807) is 17.8 Å². The van der Waals surface area contributed by atoms with Gasteiger partial charge in [0.05, 0.1) is 17.0 Å². The van der Waals surface area contributed by atoms with Crippen LogP contribution in [-0.2, 0) is 4.79 Å². The second-order valence-electron chi connectivity index (χ2n) is 3.00. The van der Waals surface area contributed by atoms with Crippen LogP contribution in [0.3, 0.4) is 0 Å². The fourth-order valence-electron chi connectivity index (χ4n) is 1.00. The molecule has 1 heterocycles. The summed E-state index contributed by atoms with van der Waals surface area (Å²) >= 11 is 7.13. The van der Waals surface area contributed by atoms with Crippen molar-refractivity contribution in [2.24, 2.45) is 0 Å². The number of thiophene rings is 1. The first-order valence-electron chi connectivity index (χ1n) is 4.21. The molecular formula is C9H10ClNO3S. The van der Waals surface area contributed by atoms with Crippen LogP contribution >= 0.6 is 22.9 Å². The molecule has 0 bridgehead atoms. The van der Waals surface area contributed by atoms with Crippen LogP contribution in [0.1, 0.15) is 16.8 Å². The van der Waals surface area contributed by atoms with E-state index in [0.717, 1.165) is 0 Å². The Kier molecular flexibility index (Phi) is 4.11. The zero-order chi connectivity index (χ0) is 11.4. The average molecular weight is 248 g/mol. The topological polar surface area (TPSA) is 57.6 Å². The van der Waals surface area contributed by atoms with Gasteiger partial charge in [0.1, 0.15) is 0 Å². The van der Waals surface area contributed by atoms with Crippen molar-refractivity contribution in [1.82, 2.24) is 4.90 Å². The number of carboxylic acids is 1. The van der Waals surface area contributed by atoms with Crippen LogP contribution in [0.4, 0.5) is 0 Å². The number of hydrogen-bond donors (Lipinski definition) is 1. The lowest BCUT2D eigenvalue weighted by Crippen LogP contribution is -2.28. The van der Waals surface area contributed by atoms with E-state index < -0.39 is 5.97 Å². The third kappa shape index (κ3) is 3.21. The molecule has 1 N–H and O–H groups in total. The van der Waals surface area contributed by atoms with Crippen LogP contribution in [0.15, 0.2) is 10.8 Å². The van der Waals surface area contributed by atoms with Crippen LogP contribution in [0.25, 0.3) is 0 Å². The Morgan fingerprint density at radius 3 is 2.67 bits per heavy atom. The van der Waals surface area contributed by atoms with Gasteiger partial charge < -0.3 is 10.0 Å². The van der Waals surface area contributed by atoms with Crippen molar-refractivity contribution in [2.75, 3.05) is 13.6 Å². The largest absolute Gasteiger partial charge is 0.481 e. The Hall–Kier alpha value is -1.07. The summed E-state index contributed by atoms with van der Waals surface area (Å²) in [4.78, 5) is 23.4. The summed E-state index contributed by atoms with van der Waals surface area (Å²) in [6.07, 6.45) is -0.0655. The summed E-state index contributed by atoms with van der Waals surface area (Å²) in [7, 11) is 1.55. The summed E-state index contributed by atoms with van der Waals surface area (Å²) in [5, 5.41) is 12.2. The number of aliphatic carboxylic acids is 1. The molecule has 0 aliphatic rings. The molecule has 0 fully saturated rings. The zero-order valence-corrected chi connectivity index (χ0v) is 9.64. The number of carbonyl (C=O) groups excluding carboxylic acids is 1. The first-order valence-corrected chi connectivity index (χ1v) is 5.53. The van der Waals surface area contributed by atoms with E-state index in [1.807, 2.05) is 0 Å². The highest BCUT2D eigenvalue weighted by Gasteiger charge is 2.16. The quantitative estimate of drug-likeness (QED) is 0.885. The summed E-state index contributed by atoms with van der Waals surface area (Å²) in [6, 6.07) is 0. The van der Waals surface area contributed by atoms with Crippen LogP contribution < -0.4 is 0 Å². The van der Waals surface area contributed by atoms with Gasteiger partial charge in [-0.3, -0.25) is 9.59 Å². The van der Waals surface area contributed by atoms with Crippen LogP contribution in [-0.4, -0.2) is 35.5 Å². The minimum absolute atomic E-state index is 0.0655. The van der Waals surface area contributed by atoms with Crippen molar-refractivity contribution < 1.29 is 14.7 Å². The van der Waals surface area contributed by atoms with Crippen molar-refractivity contribution in [1.29, 1.82) is 0 Å². The Labute approximate surface area is 96.1 Å². The lowest BCUT2D eigenvalue weighted by atomic mass is 10.3. The molecule has 4 nitrogen and oxygen atoms in total. The van der Waals surface area contributed by atoms with E-state index >= 15 is 0 Å². The van der Waals surface area contributed by atoms with Gasteiger partial charge >= 0.3 is 5.97 Å². The summed E-state index contributed by atoms with van der Waals surface area (Å²) < 4.78 is 0. The Morgan fingerprint density at radius 1 is 1.53 bits per heavy atom. The molecule has 0 aliphatic heterocycles. The second kappa shape index (κ2) is 5.14. The molecule has 0 spiro atoms. The van der Waals surface area contributed by atoms with Crippen LogP contribution in [0, 0.1) is 0 Å². The van der Waals surface area contributed by atoms with E-state index in [-0.39, 0.29) is 18.9 Å². The molecule has 0 saturated carbocycles. The lowest BCUT2D eigenvalue weighted by molar-refractivity contribution is -0.137. The normalized spacial score (nSPS) is 10.0. The molecule has 1 aromatic rings. The lowest BCUT2D eigenvalue weighted by Gasteiger charge is -2.15. The van der Waals surface area contributed by atoms with Crippen molar-refractivity contribution >= 4 is 34.8 Å². The maximum atomic E-state index is 11.7. The SMILES string of the molecule is CN(CCC(=O)O)C(=O)c1cscc1Cl. The molecule has 1 amide bonds. The average Bonchev–Trinajstić information content (AvgIpc) is 2.59. The van der Waals surface area contributed by atoms with Crippen molar-refractivity contribution in [3.8, 4) is 0 Å². The zero-order valence-electron chi connectivity index (χ0n) is 8.07. The molecule has 0 aromatic carbocycles. The van der Waals surface area contributed by atoms with E-state index in [0.29, 0.717) is 10.6 Å². The van der Waals surface area contributed by atoms with Crippen molar-refractivity contribution in [2.45, 2.75) is 6.42 Å². The molecule has 1 rings (SSSR count). The third-order valence-corrected chi connectivity index (χ3v) is 3.04. The predicted molar refractivity (Wildman–Crippen MR) is 58.5 cm³/mol. The van der Waals surface area contributed by atoms with Crippen LogP contribution in [0.2, 0.25) is 5.02 Å². The maximum absolute atomic E-state index is 11.7. The predicted octanol–water partition coefficient (Wildman–Crippen LogP) is 1.95. The van der Waals surface area contributed by atoms with Gasteiger partial charge in [-0.05, 0) is 0 Å². The second-order valence-corrected chi connectivity index (χ2v) is 4.15. The molecule has 0 atom stereocenters. The van der Waals surface area contributed by atoms with Gasteiger partial charge in [0.15, 0.2) is 0 Å². The molecule has 0 radical (unpaired) electrons. The van der Waals surface area contributed by atoms with E-state index in [4.69, 9.17) is 16.7 Å². The Bertz CT molecular complexity index is 377. The van der Waals surface area contributed by atoms with Crippen LogP contribution in [0.5, 0.6) is 0 Å². The monoisotopic (exact) mass is 247 g/mol. The minimum Gasteiger partial charge on any atom is -0.481 e. The fourth-order valence-corrected chi connectivity index (χ4v) is 2.04.